The van der Waals surface area contributed by atoms with Gasteiger partial charge in [-0.3, -0.25) is 9.59 Å². The van der Waals surface area contributed by atoms with Crippen molar-refractivity contribution in [1.29, 1.82) is 0 Å². The van der Waals surface area contributed by atoms with E-state index in [4.69, 9.17) is 9.47 Å². The minimum Gasteiger partial charge on any atom is -0.491 e. The van der Waals surface area contributed by atoms with E-state index in [1.54, 1.807) is 22.3 Å². The monoisotopic (exact) mass is 524 g/mol. The molecule has 2 amide bonds. The molecule has 1 aliphatic rings. The molecular formula is C29H33FN2O4S. The molecule has 1 aromatic heterocycles. The van der Waals surface area contributed by atoms with Crippen molar-refractivity contribution >= 4 is 23.2 Å². The normalized spacial score (nSPS) is 14.9. The van der Waals surface area contributed by atoms with Crippen LogP contribution in [0.1, 0.15) is 52.2 Å². The summed E-state index contributed by atoms with van der Waals surface area (Å²) in [6, 6.07) is 15.6. The molecule has 0 radical (unpaired) electrons. The number of amides is 2. The van der Waals surface area contributed by atoms with Crippen molar-refractivity contribution < 1.29 is 23.5 Å². The number of ether oxygens (including phenoxy) is 2. The van der Waals surface area contributed by atoms with Gasteiger partial charge in [0.1, 0.15) is 24.7 Å². The summed E-state index contributed by atoms with van der Waals surface area (Å²) in [4.78, 5) is 31.1. The molecule has 6 nitrogen and oxygen atoms in total. The number of hydrogen-bond donors (Lipinski definition) is 0. The van der Waals surface area contributed by atoms with Crippen LogP contribution in [0.5, 0.6) is 5.75 Å². The van der Waals surface area contributed by atoms with E-state index in [0.29, 0.717) is 19.1 Å². The largest absolute Gasteiger partial charge is 0.491 e. The van der Waals surface area contributed by atoms with Gasteiger partial charge < -0.3 is 19.3 Å². The van der Waals surface area contributed by atoms with Crippen LogP contribution in [0.25, 0.3) is 0 Å². The van der Waals surface area contributed by atoms with Crippen LogP contribution >= 0.6 is 11.3 Å². The van der Waals surface area contributed by atoms with Gasteiger partial charge in [-0.2, -0.15) is 0 Å². The quantitative estimate of drug-likeness (QED) is 0.361. The van der Waals surface area contributed by atoms with Crippen molar-refractivity contribution in [3.63, 3.8) is 0 Å². The Morgan fingerprint density at radius 3 is 2.59 bits per heavy atom. The molecule has 1 atom stereocenters. The highest BCUT2D eigenvalue weighted by Gasteiger charge is 2.34. The Morgan fingerprint density at radius 1 is 1.14 bits per heavy atom. The number of benzene rings is 2. The lowest BCUT2D eigenvalue weighted by Crippen LogP contribution is -2.48. The molecule has 3 aromatic rings. The number of thiophene rings is 1. The lowest BCUT2D eigenvalue weighted by molar-refractivity contribution is -0.135. The SMILES string of the molecule is COCCN(CC(=O)N1CCc2sccc2[C@H]1COc1ccc(C(C)C)cc1)C(=O)c1ccccc1F. The van der Waals surface area contributed by atoms with Crippen LogP contribution in [0.15, 0.2) is 60.0 Å². The van der Waals surface area contributed by atoms with Crippen LogP contribution in [0.4, 0.5) is 4.39 Å². The van der Waals surface area contributed by atoms with Crippen molar-refractivity contribution in [1.82, 2.24) is 9.80 Å². The zero-order chi connectivity index (χ0) is 26.4. The molecule has 0 saturated carbocycles. The Hall–Kier alpha value is -3.23. The Balaban J connectivity index is 1.51. The third-order valence-electron chi connectivity index (χ3n) is 6.65. The van der Waals surface area contributed by atoms with Gasteiger partial charge in [0, 0.05) is 25.1 Å². The maximum absolute atomic E-state index is 14.3. The van der Waals surface area contributed by atoms with Crippen LogP contribution in [0.2, 0.25) is 0 Å². The number of methoxy groups -OCH3 is 1. The van der Waals surface area contributed by atoms with Crippen molar-refractivity contribution in [2.75, 3.05) is 40.0 Å². The van der Waals surface area contributed by atoms with E-state index >= 15 is 0 Å². The molecule has 0 aliphatic carbocycles. The highest BCUT2D eigenvalue weighted by molar-refractivity contribution is 7.10. The van der Waals surface area contributed by atoms with Crippen molar-refractivity contribution in [3.05, 3.63) is 87.4 Å². The fourth-order valence-corrected chi connectivity index (χ4v) is 5.44. The molecule has 8 heteroatoms. The van der Waals surface area contributed by atoms with E-state index < -0.39 is 11.7 Å². The highest BCUT2D eigenvalue weighted by Crippen LogP contribution is 2.34. The minimum atomic E-state index is -0.613. The zero-order valence-corrected chi connectivity index (χ0v) is 22.3. The van der Waals surface area contributed by atoms with Gasteiger partial charge in [0.05, 0.1) is 18.2 Å². The first-order valence-electron chi connectivity index (χ1n) is 12.5. The number of carbonyl (C=O) groups excluding carboxylic acids is 2. The fourth-order valence-electron chi connectivity index (χ4n) is 4.51. The summed E-state index contributed by atoms with van der Waals surface area (Å²) in [5, 5.41) is 2.04. The summed E-state index contributed by atoms with van der Waals surface area (Å²) in [7, 11) is 1.53. The van der Waals surface area contributed by atoms with Gasteiger partial charge in [-0.15, -0.1) is 11.3 Å². The second kappa shape index (κ2) is 12.3. The highest BCUT2D eigenvalue weighted by atomic mass is 32.1. The molecule has 196 valence electrons. The van der Waals surface area contributed by atoms with Crippen molar-refractivity contribution in [2.24, 2.45) is 0 Å². The molecular weight excluding hydrogens is 491 g/mol. The third kappa shape index (κ3) is 6.37. The summed E-state index contributed by atoms with van der Waals surface area (Å²) in [6.07, 6.45) is 0.748. The number of carbonyl (C=O) groups is 2. The number of rotatable bonds is 10. The summed E-state index contributed by atoms with van der Waals surface area (Å²) in [5.41, 5.74) is 2.25. The van der Waals surface area contributed by atoms with Crippen LogP contribution in [0.3, 0.4) is 0 Å². The van der Waals surface area contributed by atoms with Gasteiger partial charge in [0.2, 0.25) is 5.91 Å². The molecule has 2 heterocycles. The van der Waals surface area contributed by atoms with Crippen LogP contribution in [0, 0.1) is 5.82 Å². The summed E-state index contributed by atoms with van der Waals surface area (Å²) < 4.78 is 25.6. The second-order valence-corrected chi connectivity index (χ2v) is 10.4. The molecule has 0 fully saturated rings. The van der Waals surface area contributed by atoms with E-state index in [1.165, 1.54) is 40.6 Å². The Bertz CT molecular complexity index is 1210. The molecule has 0 spiro atoms. The van der Waals surface area contributed by atoms with Gasteiger partial charge in [0.25, 0.3) is 5.91 Å². The lowest BCUT2D eigenvalue weighted by atomic mass is 10.00. The molecule has 0 unspecified atom stereocenters. The van der Waals surface area contributed by atoms with Gasteiger partial charge >= 0.3 is 0 Å². The Kier molecular flexibility index (Phi) is 8.95. The fraction of sp³-hybridized carbons (Fsp3) is 0.379. The zero-order valence-electron chi connectivity index (χ0n) is 21.5. The average molecular weight is 525 g/mol. The maximum Gasteiger partial charge on any atom is 0.257 e. The van der Waals surface area contributed by atoms with Gasteiger partial charge in [0.15, 0.2) is 0 Å². The molecule has 0 saturated heterocycles. The van der Waals surface area contributed by atoms with E-state index in [2.05, 4.69) is 26.0 Å². The van der Waals surface area contributed by atoms with Crippen LogP contribution in [-0.4, -0.2) is 61.6 Å². The summed E-state index contributed by atoms with van der Waals surface area (Å²) >= 11 is 1.68. The van der Waals surface area contributed by atoms with Gasteiger partial charge in [-0.25, -0.2) is 4.39 Å². The second-order valence-electron chi connectivity index (χ2n) is 9.39. The van der Waals surface area contributed by atoms with E-state index in [9.17, 15) is 14.0 Å². The van der Waals surface area contributed by atoms with Crippen LogP contribution < -0.4 is 4.74 Å². The van der Waals surface area contributed by atoms with E-state index in [0.717, 1.165) is 17.7 Å². The number of nitrogens with zero attached hydrogens (tertiary/aromatic N) is 2. The first kappa shape index (κ1) is 26.8. The first-order chi connectivity index (χ1) is 17.9. The maximum atomic E-state index is 14.3. The van der Waals surface area contributed by atoms with Crippen molar-refractivity contribution in [2.45, 2.75) is 32.2 Å². The molecule has 37 heavy (non-hydrogen) atoms. The first-order valence-corrected chi connectivity index (χ1v) is 13.4. The predicted octanol–water partition coefficient (Wildman–Crippen LogP) is 5.30. The topological polar surface area (TPSA) is 59.1 Å². The number of fused-ring (bicyclic) bond motifs is 1. The molecule has 1 aliphatic heterocycles. The summed E-state index contributed by atoms with van der Waals surface area (Å²) in [5.74, 6) is -0.174. The molecule has 4 rings (SSSR count). The van der Waals surface area contributed by atoms with E-state index in [-0.39, 0.29) is 37.2 Å². The standard InChI is InChI=1S/C29H33FN2O4S/c1-20(2)21-8-10-22(11-9-21)36-19-26-24-13-17-37-27(24)12-14-32(26)28(33)18-31(15-16-35-3)29(34)23-6-4-5-7-25(23)30/h4-11,13,17,20,26H,12,14-16,18-19H2,1-3H3/t26-/m1/s1. The smallest absolute Gasteiger partial charge is 0.257 e. The Labute approximate surface area is 221 Å². The average Bonchev–Trinajstić information content (AvgIpc) is 3.39. The van der Waals surface area contributed by atoms with Crippen molar-refractivity contribution in [3.8, 4) is 5.75 Å². The third-order valence-corrected chi connectivity index (χ3v) is 7.65. The van der Waals surface area contributed by atoms with Crippen LogP contribution in [-0.2, 0) is 16.0 Å². The van der Waals surface area contributed by atoms with Gasteiger partial charge in [-0.05, 0) is 59.2 Å². The number of hydrogen-bond acceptors (Lipinski definition) is 5. The summed E-state index contributed by atoms with van der Waals surface area (Å²) in [6.45, 7) is 5.36. The molecule has 0 N–H and O–H groups in total. The lowest BCUT2D eigenvalue weighted by Gasteiger charge is -2.37. The Morgan fingerprint density at radius 2 is 1.89 bits per heavy atom. The number of halogens is 1. The predicted molar refractivity (Wildman–Crippen MR) is 143 cm³/mol. The minimum absolute atomic E-state index is 0.0603. The molecule has 2 aromatic carbocycles. The molecule has 0 bridgehead atoms. The van der Waals surface area contributed by atoms with E-state index in [1.807, 2.05) is 23.6 Å². The van der Waals surface area contributed by atoms with Gasteiger partial charge in [-0.1, -0.05) is 38.1 Å².